The van der Waals surface area contributed by atoms with E-state index >= 15 is 0 Å². The van der Waals surface area contributed by atoms with Crippen LogP contribution in [0.2, 0.25) is 0 Å². The van der Waals surface area contributed by atoms with Crippen LogP contribution in [0.5, 0.6) is 0 Å². The monoisotopic (exact) mass is 308 g/mol. The molecule has 23 heavy (non-hydrogen) atoms. The predicted molar refractivity (Wildman–Crippen MR) is 94.9 cm³/mol. The lowest BCUT2D eigenvalue weighted by Crippen LogP contribution is -2.10. The SMILES string of the molecule is COCc1nc2ccccc2n1Cc1c(C)c(C)cc(C)c1C. The summed E-state index contributed by atoms with van der Waals surface area (Å²) in [6.07, 6.45) is 0. The molecule has 2 aromatic carbocycles. The molecule has 1 aromatic heterocycles. The van der Waals surface area contributed by atoms with Crippen LogP contribution in [-0.2, 0) is 17.9 Å². The van der Waals surface area contributed by atoms with Gasteiger partial charge in [-0.25, -0.2) is 4.98 Å². The Labute approximate surface area is 137 Å². The summed E-state index contributed by atoms with van der Waals surface area (Å²) in [7, 11) is 1.72. The molecule has 3 heteroatoms. The molecule has 0 aliphatic rings. The first-order chi connectivity index (χ1) is 11.0. The summed E-state index contributed by atoms with van der Waals surface area (Å²) in [5, 5.41) is 0. The highest BCUT2D eigenvalue weighted by Gasteiger charge is 2.14. The molecule has 0 saturated heterocycles. The number of ether oxygens (including phenoxy) is 1. The molecule has 0 aliphatic carbocycles. The van der Waals surface area contributed by atoms with E-state index in [1.165, 1.54) is 27.8 Å². The topological polar surface area (TPSA) is 27.1 Å². The second-order valence-electron chi connectivity index (χ2n) is 6.27. The van der Waals surface area contributed by atoms with Crippen LogP contribution >= 0.6 is 0 Å². The molecule has 0 aliphatic heterocycles. The van der Waals surface area contributed by atoms with E-state index in [2.05, 4.69) is 56.5 Å². The van der Waals surface area contributed by atoms with E-state index in [0.29, 0.717) is 6.61 Å². The maximum absolute atomic E-state index is 5.36. The number of aryl methyl sites for hydroxylation is 2. The highest BCUT2D eigenvalue weighted by Crippen LogP contribution is 2.25. The zero-order valence-electron chi connectivity index (χ0n) is 14.6. The van der Waals surface area contributed by atoms with Gasteiger partial charge in [0.1, 0.15) is 12.4 Å². The molecular weight excluding hydrogens is 284 g/mol. The fourth-order valence-electron chi connectivity index (χ4n) is 3.23. The van der Waals surface area contributed by atoms with Gasteiger partial charge in [0.25, 0.3) is 0 Å². The van der Waals surface area contributed by atoms with E-state index in [1.807, 2.05) is 6.07 Å². The Morgan fingerprint density at radius 3 is 2.30 bits per heavy atom. The van der Waals surface area contributed by atoms with Crippen LogP contribution in [0.25, 0.3) is 11.0 Å². The van der Waals surface area contributed by atoms with Gasteiger partial charge in [-0.15, -0.1) is 0 Å². The molecule has 0 amide bonds. The van der Waals surface area contributed by atoms with Crippen molar-refractivity contribution in [3.05, 3.63) is 64.0 Å². The maximum Gasteiger partial charge on any atom is 0.136 e. The first-order valence-electron chi connectivity index (χ1n) is 8.02. The number of hydrogen-bond donors (Lipinski definition) is 0. The van der Waals surface area contributed by atoms with Crippen LogP contribution in [0, 0.1) is 27.7 Å². The zero-order chi connectivity index (χ0) is 16.6. The Morgan fingerprint density at radius 1 is 1.00 bits per heavy atom. The van der Waals surface area contributed by atoms with E-state index < -0.39 is 0 Å². The van der Waals surface area contributed by atoms with Gasteiger partial charge in [0.05, 0.1) is 11.0 Å². The fourth-order valence-corrected chi connectivity index (χ4v) is 3.23. The van der Waals surface area contributed by atoms with Gasteiger partial charge in [0, 0.05) is 13.7 Å². The van der Waals surface area contributed by atoms with Gasteiger partial charge in [0.15, 0.2) is 0 Å². The van der Waals surface area contributed by atoms with Crippen LogP contribution < -0.4 is 0 Å². The van der Waals surface area contributed by atoms with Gasteiger partial charge in [0.2, 0.25) is 0 Å². The molecule has 0 N–H and O–H groups in total. The lowest BCUT2D eigenvalue weighted by Gasteiger charge is -2.17. The molecule has 0 spiro atoms. The van der Waals surface area contributed by atoms with Gasteiger partial charge in [-0.05, 0) is 67.6 Å². The first kappa shape index (κ1) is 15.8. The van der Waals surface area contributed by atoms with Gasteiger partial charge < -0.3 is 9.30 Å². The molecule has 0 saturated carbocycles. The van der Waals surface area contributed by atoms with Crippen molar-refractivity contribution in [3.63, 3.8) is 0 Å². The summed E-state index contributed by atoms with van der Waals surface area (Å²) >= 11 is 0. The number of fused-ring (bicyclic) bond motifs is 1. The average molecular weight is 308 g/mol. The molecule has 0 atom stereocenters. The van der Waals surface area contributed by atoms with Crippen molar-refractivity contribution >= 4 is 11.0 Å². The Kier molecular flexibility index (Phi) is 4.22. The van der Waals surface area contributed by atoms with Crippen LogP contribution in [0.3, 0.4) is 0 Å². The third kappa shape index (κ3) is 2.77. The van der Waals surface area contributed by atoms with Crippen LogP contribution in [-0.4, -0.2) is 16.7 Å². The highest BCUT2D eigenvalue weighted by molar-refractivity contribution is 5.76. The van der Waals surface area contributed by atoms with Crippen molar-refractivity contribution in [1.29, 1.82) is 0 Å². The second-order valence-corrected chi connectivity index (χ2v) is 6.27. The molecule has 0 bridgehead atoms. The zero-order valence-corrected chi connectivity index (χ0v) is 14.6. The molecule has 120 valence electrons. The molecule has 0 unspecified atom stereocenters. The second kappa shape index (κ2) is 6.17. The Morgan fingerprint density at radius 2 is 1.65 bits per heavy atom. The summed E-state index contributed by atoms with van der Waals surface area (Å²) in [6.45, 7) is 10.2. The van der Waals surface area contributed by atoms with Crippen molar-refractivity contribution in [2.45, 2.75) is 40.8 Å². The number of hydrogen-bond acceptors (Lipinski definition) is 2. The predicted octanol–water partition coefficient (Wildman–Crippen LogP) is 4.46. The van der Waals surface area contributed by atoms with Crippen LogP contribution in [0.15, 0.2) is 30.3 Å². The number of methoxy groups -OCH3 is 1. The highest BCUT2D eigenvalue weighted by atomic mass is 16.5. The molecule has 3 aromatic rings. The minimum atomic E-state index is 0.525. The van der Waals surface area contributed by atoms with E-state index in [0.717, 1.165) is 23.4 Å². The summed E-state index contributed by atoms with van der Waals surface area (Å²) in [6, 6.07) is 10.6. The minimum Gasteiger partial charge on any atom is -0.377 e. The third-order valence-corrected chi connectivity index (χ3v) is 4.84. The number of para-hydroxylation sites is 2. The van der Waals surface area contributed by atoms with Crippen LogP contribution in [0.1, 0.15) is 33.6 Å². The summed E-state index contributed by atoms with van der Waals surface area (Å²) < 4.78 is 7.65. The molecule has 1 heterocycles. The summed E-state index contributed by atoms with van der Waals surface area (Å²) in [5.74, 6) is 0.978. The largest absolute Gasteiger partial charge is 0.377 e. The number of benzene rings is 2. The van der Waals surface area contributed by atoms with Gasteiger partial charge in [-0.1, -0.05) is 18.2 Å². The number of imidazole rings is 1. The lowest BCUT2D eigenvalue weighted by atomic mass is 9.94. The van der Waals surface area contributed by atoms with Crippen molar-refractivity contribution in [2.75, 3.05) is 7.11 Å². The van der Waals surface area contributed by atoms with Crippen molar-refractivity contribution < 1.29 is 4.74 Å². The third-order valence-electron chi connectivity index (χ3n) is 4.84. The maximum atomic E-state index is 5.36. The van der Waals surface area contributed by atoms with E-state index in [4.69, 9.17) is 9.72 Å². The standard InChI is InChI=1S/C20H24N2O/c1-13-10-14(2)16(4)17(15(13)3)11-22-19-9-7-6-8-18(19)21-20(22)12-23-5/h6-10H,11-12H2,1-5H3. The Hall–Kier alpha value is -2.13. The van der Waals surface area contributed by atoms with E-state index in [-0.39, 0.29) is 0 Å². The quantitative estimate of drug-likeness (QED) is 0.711. The van der Waals surface area contributed by atoms with Gasteiger partial charge >= 0.3 is 0 Å². The lowest BCUT2D eigenvalue weighted by molar-refractivity contribution is 0.175. The van der Waals surface area contributed by atoms with E-state index in [1.54, 1.807) is 7.11 Å². The van der Waals surface area contributed by atoms with E-state index in [9.17, 15) is 0 Å². The fraction of sp³-hybridized carbons (Fsp3) is 0.350. The Balaban J connectivity index is 2.17. The number of nitrogens with zero attached hydrogens (tertiary/aromatic N) is 2. The smallest absolute Gasteiger partial charge is 0.136 e. The van der Waals surface area contributed by atoms with Crippen molar-refractivity contribution in [1.82, 2.24) is 9.55 Å². The van der Waals surface area contributed by atoms with Crippen molar-refractivity contribution in [3.8, 4) is 0 Å². The molecule has 3 rings (SSSR count). The molecule has 3 nitrogen and oxygen atoms in total. The average Bonchev–Trinajstić information content (AvgIpc) is 2.87. The summed E-state index contributed by atoms with van der Waals surface area (Å²) in [5.41, 5.74) is 9.02. The first-order valence-corrected chi connectivity index (χ1v) is 8.02. The van der Waals surface area contributed by atoms with Gasteiger partial charge in [-0.3, -0.25) is 0 Å². The van der Waals surface area contributed by atoms with Crippen LogP contribution in [0.4, 0.5) is 0 Å². The van der Waals surface area contributed by atoms with Crippen molar-refractivity contribution in [2.24, 2.45) is 0 Å². The molecular formula is C20H24N2O. The number of rotatable bonds is 4. The number of aromatic nitrogens is 2. The molecule has 0 radical (unpaired) electrons. The normalized spacial score (nSPS) is 11.3. The Bertz CT molecular complexity index is 835. The minimum absolute atomic E-state index is 0.525. The summed E-state index contributed by atoms with van der Waals surface area (Å²) in [4.78, 5) is 4.74. The molecule has 0 fully saturated rings. The van der Waals surface area contributed by atoms with Gasteiger partial charge in [-0.2, -0.15) is 0 Å².